The zero-order chi connectivity index (χ0) is 14.3. The van der Waals surface area contributed by atoms with Crippen LogP contribution in [0.3, 0.4) is 0 Å². The van der Waals surface area contributed by atoms with E-state index in [1.54, 1.807) is 0 Å². The van der Waals surface area contributed by atoms with Gasteiger partial charge in [0.1, 0.15) is 11.3 Å². The fraction of sp³-hybridized carbons (Fsp3) is 0.105. The Morgan fingerprint density at radius 2 is 1.52 bits per heavy atom. The van der Waals surface area contributed by atoms with E-state index in [4.69, 9.17) is 0 Å². The number of fused-ring (bicyclic) bond motifs is 3. The molecule has 0 saturated heterocycles. The van der Waals surface area contributed by atoms with Crippen LogP contribution in [0.15, 0.2) is 79.0 Å². The molecule has 0 radical (unpaired) electrons. The molecule has 1 aliphatic rings. The van der Waals surface area contributed by atoms with Crippen molar-refractivity contribution in [3.8, 4) is 11.3 Å². The van der Waals surface area contributed by atoms with Crippen molar-refractivity contribution in [2.75, 3.05) is 7.05 Å². The SMILES string of the molecule is C[N+]1(c2ccccc2)C[n+]2ccccc2-c2ccccc21. The van der Waals surface area contributed by atoms with Gasteiger partial charge in [-0.3, -0.25) is 0 Å². The normalized spacial score (nSPS) is 19.7. The van der Waals surface area contributed by atoms with E-state index in [1.807, 2.05) is 0 Å². The summed E-state index contributed by atoms with van der Waals surface area (Å²) in [5.74, 6) is 0. The first-order chi connectivity index (χ1) is 10.3. The minimum Gasteiger partial charge on any atom is -0.206 e. The lowest BCUT2D eigenvalue weighted by Crippen LogP contribution is -2.56. The van der Waals surface area contributed by atoms with E-state index in [0.717, 1.165) is 11.2 Å². The van der Waals surface area contributed by atoms with Gasteiger partial charge in [0, 0.05) is 18.2 Å². The molecule has 0 bridgehead atoms. The van der Waals surface area contributed by atoms with E-state index in [2.05, 4.69) is 90.6 Å². The smallest absolute Gasteiger partial charge is 0.206 e. The maximum absolute atomic E-state index is 2.34. The van der Waals surface area contributed by atoms with Crippen molar-refractivity contribution in [2.45, 2.75) is 6.67 Å². The number of rotatable bonds is 1. The predicted molar refractivity (Wildman–Crippen MR) is 85.9 cm³/mol. The number of quaternary nitrogens is 1. The Morgan fingerprint density at radius 3 is 2.38 bits per heavy atom. The van der Waals surface area contributed by atoms with Crippen molar-refractivity contribution in [2.24, 2.45) is 0 Å². The topological polar surface area (TPSA) is 3.88 Å². The van der Waals surface area contributed by atoms with Gasteiger partial charge >= 0.3 is 0 Å². The number of pyridine rings is 1. The molecule has 2 nitrogen and oxygen atoms in total. The molecule has 4 rings (SSSR count). The first kappa shape index (κ1) is 12.3. The first-order valence-corrected chi connectivity index (χ1v) is 7.29. The van der Waals surface area contributed by atoms with Gasteiger partial charge in [-0.1, -0.05) is 30.3 Å². The van der Waals surface area contributed by atoms with Crippen molar-refractivity contribution >= 4 is 11.4 Å². The van der Waals surface area contributed by atoms with E-state index < -0.39 is 0 Å². The van der Waals surface area contributed by atoms with Crippen molar-refractivity contribution in [3.63, 3.8) is 0 Å². The number of para-hydroxylation sites is 2. The third kappa shape index (κ3) is 1.80. The van der Waals surface area contributed by atoms with Crippen LogP contribution < -0.4 is 9.05 Å². The highest BCUT2D eigenvalue weighted by atomic mass is 15.4. The number of aromatic nitrogens is 1. The largest absolute Gasteiger partial charge is 0.285 e. The van der Waals surface area contributed by atoms with Crippen LogP contribution in [0.25, 0.3) is 11.3 Å². The van der Waals surface area contributed by atoms with Crippen molar-refractivity contribution in [3.05, 3.63) is 79.0 Å². The van der Waals surface area contributed by atoms with Crippen LogP contribution in [0.1, 0.15) is 0 Å². The summed E-state index contributed by atoms with van der Waals surface area (Å²) in [6.07, 6.45) is 2.17. The molecule has 2 heteroatoms. The van der Waals surface area contributed by atoms with Crippen LogP contribution in [0, 0.1) is 0 Å². The van der Waals surface area contributed by atoms with Gasteiger partial charge in [0.05, 0.1) is 7.05 Å². The van der Waals surface area contributed by atoms with Gasteiger partial charge in [0.25, 0.3) is 6.67 Å². The second-order valence-corrected chi connectivity index (χ2v) is 5.74. The lowest BCUT2D eigenvalue weighted by Gasteiger charge is -2.34. The van der Waals surface area contributed by atoms with Gasteiger partial charge in [-0.05, 0) is 24.3 Å². The number of nitrogens with zero attached hydrogens (tertiary/aromatic N) is 2. The summed E-state index contributed by atoms with van der Waals surface area (Å²) in [7, 11) is 2.29. The Hall–Kier alpha value is -2.45. The van der Waals surface area contributed by atoms with E-state index in [0.29, 0.717) is 0 Å². The Labute approximate surface area is 125 Å². The van der Waals surface area contributed by atoms with Gasteiger partial charge in [0.2, 0.25) is 5.69 Å². The molecular formula is C19H18N2+2. The lowest BCUT2D eigenvalue weighted by molar-refractivity contribution is -0.702. The molecule has 2 heterocycles. The molecular weight excluding hydrogens is 256 g/mol. The Morgan fingerprint density at radius 1 is 0.810 bits per heavy atom. The van der Waals surface area contributed by atoms with Gasteiger partial charge in [-0.2, -0.15) is 0 Å². The second kappa shape index (κ2) is 4.54. The van der Waals surface area contributed by atoms with Crippen LogP contribution in [-0.2, 0) is 6.67 Å². The molecule has 3 aromatic rings. The molecule has 0 aliphatic carbocycles. The van der Waals surface area contributed by atoms with Crippen molar-refractivity contribution < 1.29 is 4.57 Å². The molecule has 0 N–H and O–H groups in total. The number of hydrogen-bond acceptors (Lipinski definition) is 0. The molecule has 1 unspecified atom stereocenters. The maximum atomic E-state index is 2.34. The summed E-state index contributed by atoms with van der Waals surface area (Å²) in [5.41, 5.74) is 5.28. The van der Waals surface area contributed by atoms with Crippen molar-refractivity contribution in [1.82, 2.24) is 4.48 Å². The molecule has 1 atom stereocenters. The molecule has 0 spiro atoms. The molecule has 21 heavy (non-hydrogen) atoms. The molecule has 0 fully saturated rings. The molecule has 1 aliphatic heterocycles. The summed E-state index contributed by atoms with van der Waals surface area (Å²) in [6, 6.07) is 25.9. The van der Waals surface area contributed by atoms with Gasteiger partial charge < -0.3 is 0 Å². The van der Waals surface area contributed by atoms with E-state index in [9.17, 15) is 0 Å². The van der Waals surface area contributed by atoms with Gasteiger partial charge in [-0.25, -0.2) is 4.48 Å². The minimum atomic E-state index is 0.790. The summed E-state index contributed by atoms with van der Waals surface area (Å²) >= 11 is 0. The lowest BCUT2D eigenvalue weighted by atomic mass is 10.0. The summed E-state index contributed by atoms with van der Waals surface area (Å²) in [4.78, 5) is 0. The summed E-state index contributed by atoms with van der Waals surface area (Å²) in [6.45, 7) is 0.914. The zero-order valence-electron chi connectivity index (χ0n) is 12.1. The van der Waals surface area contributed by atoms with Crippen LogP contribution in [0.4, 0.5) is 11.4 Å². The highest BCUT2D eigenvalue weighted by Crippen LogP contribution is 2.41. The fourth-order valence-corrected chi connectivity index (χ4v) is 3.32. The minimum absolute atomic E-state index is 0.790. The Balaban J connectivity index is 2.01. The highest BCUT2D eigenvalue weighted by molar-refractivity contribution is 5.77. The average molecular weight is 274 g/mol. The predicted octanol–water partition coefficient (Wildman–Crippen LogP) is 3.88. The quantitative estimate of drug-likeness (QED) is 0.468. The fourth-order valence-electron chi connectivity index (χ4n) is 3.32. The molecule has 1 aromatic heterocycles. The average Bonchev–Trinajstić information content (AvgIpc) is 2.56. The molecule has 0 amide bonds. The molecule has 0 saturated carbocycles. The maximum Gasteiger partial charge on any atom is 0.285 e. The van der Waals surface area contributed by atoms with Crippen molar-refractivity contribution in [1.29, 1.82) is 0 Å². The van der Waals surface area contributed by atoms with Gasteiger partial charge in [-0.15, -0.1) is 4.57 Å². The highest BCUT2D eigenvalue weighted by Gasteiger charge is 2.41. The second-order valence-electron chi connectivity index (χ2n) is 5.74. The van der Waals surface area contributed by atoms with Crippen LogP contribution >= 0.6 is 0 Å². The Kier molecular flexibility index (Phi) is 2.66. The van der Waals surface area contributed by atoms with Crippen LogP contribution in [0.5, 0.6) is 0 Å². The third-order valence-electron chi connectivity index (χ3n) is 4.41. The third-order valence-corrected chi connectivity index (χ3v) is 4.41. The zero-order valence-corrected chi connectivity index (χ0v) is 12.1. The summed E-state index contributed by atoms with van der Waals surface area (Å²) < 4.78 is 3.13. The van der Waals surface area contributed by atoms with Crippen LogP contribution in [-0.4, -0.2) is 7.05 Å². The monoisotopic (exact) mass is 274 g/mol. The van der Waals surface area contributed by atoms with E-state index in [1.165, 1.54) is 22.6 Å². The van der Waals surface area contributed by atoms with E-state index >= 15 is 0 Å². The Bertz CT molecular complexity index is 795. The van der Waals surface area contributed by atoms with E-state index in [-0.39, 0.29) is 0 Å². The number of benzene rings is 2. The summed E-state index contributed by atoms with van der Waals surface area (Å²) in [5, 5.41) is 0. The molecule has 102 valence electrons. The van der Waals surface area contributed by atoms with Gasteiger partial charge in [0.15, 0.2) is 11.9 Å². The van der Waals surface area contributed by atoms with Crippen LogP contribution in [0.2, 0.25) is 0 Å². The molecule has 2 aromatic carbocycles. The first-order valence-electron chi connectivity index (χ1n) is 7.29. The standard InChI is InChI=1S/C19H18N2/c1-21(16-9-3-2-4-10-16)15-20-14-8-7-12-18(20)17-11-5-6-13-19(17)21/h2-14H,15H2,1H3/q+2. The number of hydrogen-bond donors (Lipinski definition) is 0.